The number of H-pyrrole nitrogens is 1. The monoisotopic (exact) mass is 594 g/mol. The van der Waals surface area contributed by atoms with E-state index >= 15 is 4.39 Å². The van der Waals surface area contributed by atoms with Crippen LogP contribution in [0.1, 0.15) is 49.8 Å². The molecule has 2 aromatic heterocycles. The number of hydrogen-bond donors (Lipinski definition) is 1. The van der Waals surface area contributed by atoms with Crippen molar-refractivity contribution in [2.75, 3.05) is 0 Å². The summed E-state index contributed by atoms with van der Waals surface area (Å²) in [6.45, 7) is 7.76. The summed E-state index contributed by atoms with van der Waals surface area (Å²) < 4.78 is 27.6. The number of aromatic nitrogens is 4. The second-order valence-electron chi connectivity index (χ2n) is 10.1. The summed E-state index contributed by atoms with van der Waals surface area (Å²) in [7, 11) is 0. The van der Waals surface area contributed by atoms with Gasteiger partial charge in [-0.1, -0.05) is 54.9 Å². The minimum atomic E-state index is -0.689. The van der Waals surface area contributed by atoms with Crippen LogP contribution in [0.3, 0.4) is 0 Å². The molecule has 0 amide bonds. The average Bonchev–Trinajstić information content (AvgIpc) is 3.38. The van der Waals surface area contributed by atoms with Gasteiger partial charge in [-0.25, -0.2) is 14.2 Å². The number of halogens is 1. The summed E-state index contributed by atoms with van der Waals surface area (Å²) in [5.74, 6) is 0.374. The number of nitrogens with zero attached hydrogens (tertiary/aromatic N) is 3. The van der Waals surface area contributed by atoms with Gasteiger partial charge in [0.2, 0.25) is 0 Å². The number of hydrogen-bond acceptors (Lipinski definition) is 6. The van der Waals surface area contributed by atoms with Crippen molar-refractivity contribution in [3.63, 3.8) is 0 Å². The molecule has 0 atom stereocenters. The molecule has 3 aromatic carbocycles. The van der Waals surface area contributed by atoms with Crippen molar-refractivity contribution >= 4 is 51.4 Å². The van der Waals surface area contributed by atoms with Gasteiger partial charge < -0.3 is 4.74 Å². The Morgan fingerprint density at radius 1 is 1.00 bits per heavy atom. The molecule has 0 radical (unpaired) electrons. The second kappa shape index (κ2) is 13.9. The zero-order chi connectivity index (χ0) is 29.1. The van der Waals surface area contributed by atoms with E-state index in [2.05, 4.69) is 14.7 Å². The van der Waals surface area contributed by atoms with E-state index in [1.807, 2.05) is 52.0 Å². The molecule has 0 aliphatic rings. The van der Waals surface area contributed by atoms with Crippen LogP contribution in [0, 0.1) is 12.7 Å². The number of aryl methyl sites for hydroxylation is 2. The normalized spacial score (nSPS) is 11.0. The molecule has 0 aliphatic carbocycles. The molecule has 0 fully saturated rings. The predicted molar refractivity (Wildman–Crippen MR) is 162 cm³/mol. The van der Waals surface area contributed by atoms with Gasteiger partial charge in [-0.15, -0.1) is 0 Å². The van der Waals surface area contributed by atoms with Crippen LogP contribution < -0.4 is 16.1 Å². The van der Waals surface area contributed by atoms with Crippen molar-refractivity contribution in [1.29, 1.82) is 0 Å². The Labute approximate surface area is 285 Å². The van der Waals surface area contributed by atoms with E-state index < -0.39 is 11.6 Å². The Bertz CT molecular complexity index is 1810. The fraction of sp³-hybridized carbons (Fsp3) is 0.250. The first kappa shape index (κ1) is 31.8. The summed E-state index contributed by atoms with van der Waals surface area (Å²) >= 11 is 0. The van der Waals surface area contributed by atoms with Gasteiger partial charge in [-0.2, -0.15) is 0 Å². The Hall–Kier alpha value is -3.15. The fourth-order valence-corrected chi connectivity index (χ4v) is 4.95. The standard InChI is InChI=1S/C32H31FN4O4.K.H/c1-5-8-29-27(31(38)37(20(4)34-29)22-12-14-23(15-13-22)40-19(2)3)17-21-11-16-25(28(33)18-21)24-9-6-7-10-26(24)30-35-32(39)41-36-30;;/h6-7,9-16,18-19H,5,8,17H2,1-4H3,(H,35,36,39);;. The Morgan fingerprint density at radius 2 is 1.71 bits per heavy atom. The molecule has 1 N–H and O–H groups in total. The van der Waals surface area contributed by atoms with Gasteiger partial charge in [0.05, 0.1) is 17.5 Å². The van der Waals surface area contributed by atoms with Crippen molar-refractivity contribution < 1.29 is 13.7 Å². The molecule has 0 aliphatic heterocycles. The summed E-state index contributed by atoms with van der Waals surface area (Å²) in [4.78, 5) is 32.7. The quantitative estimate of drug-likeness (QED) is 0.230. The summed E-state index contributed by atoms with van der Waals surface area (Å²) in [5.41, 5.74) is 3.83. The SMILES string of the molecule is CCCc1nc(C)n(-c2ccc(OC(C)C)cc2)c(=O)c1Cc1ccc(-c2ccccc2-c2noc(=O)[nH]2)c(F)c1.[KH]. The molecule has 42 heavy (non-hydrogen) atoms. The molecule has 10 heteroatoms. The van der Waals surface area contributed by atoms with Crippen LogP contribution in [0.4, 0.5) is 4.39 Å². The number of benzene rings is 3. The number of nitrogens with one attached hydrogen (secondary N) is 1. The first-order chi connectivity index (χ1) is 19.7. The van der Waals surface area contributed by atoms with Crippen LogP contribution in [0.25, 0.3) is 28.2 Å². The average molecular weight is 595 g/mol. The van der Waals surface area contributed by atoms with Crippen LogP contribution >= 0.6 is 0 Å². The van der Waals surface area contributed by atoms with Crippen molar-refractivity contribution in [1.82, 2.24) is 19.7 Å². The van der Waals surface area contributed by atoms with Crippen molar-refractivity contribution in [3.8, 4) is 34.0 Å². The van der Waals surface area contributed by atoms with E-state index in [4.69, 9.17) is 9.72 Å². The molecule has 0 saturated carbocycles. The van der Waals surface area contributed by atoms with Crippen LogP contribution in [0.2, 0.25) is 0 Å². The van der Waals surface area contributed by atoms with E-state index in [1.54, 1.807) is 41.0 Å². The number of aromatic amines is 1. The van der Waals surface area contributed by atoms with Crippen LogP contribution in [-0.2, 0) is 12.8 Å². The zero-order valence-electron chi connectivity index (χ0n) is 23.4. The number of ether oxygens (including phenoxy) is 1. The zero-order valence-corrected chi connectivity index (χ0v) is 23.4. The molecule has 0 saturated heterocycles. The van der Waals surface area contributed by atoms with Crippen molar-refractivity contribution in [2.24, 2.45) is 0 Å². The van der Waals surface area contributed by atoms with Crippen molar-refractivity contribution in [2.45, 2.75) is 53.1 Å². The van der Waals surface area contributed by atoms with E-state index in [9.17, 15) is 9.59 Å². The third kappa shape index (κ3) is 6.90. The van der Waals surface area contributed by atoms with Gasteiger partial charge in [0.15, 0.2) is 5.82 Å². The molecule has 0 bridgehead atoms. The van der Waals surface area contributed by atoms with Gasteiger partial charge >= 0.3 is 57.1 Å². The van der Waals surface area contributed by atoms with E-state index in [-0.39, 0.29) is 75.3 Å². The Morgan fingerprint density at radius 3 is 2.33 bits per heavy atom. The van der Waals surface area contributed by atoms with Crippen LogP contribution in [0.5, 0.6) is 5.75 Å². The third-order valence-corrected chi connectivity index (χ3v) is 6.71. The van der Waals surface area contributed by atoms with Crippen molar-refractivity contribution in [3.05, 3.63) is 116 Å². The molecule has 0 spiro atoms. The molecule has 5 rings (SSSR count). The molecular weight excluding hydrogens is 562 g/mol. The molecule has 2 heterocycles. The number of rotatable bonds is 9. The van der Waals surface area contributed by atoms with Gasteiger partial charge in [-0.3, -0.25) is 18.9 Å². The van der Waals surface area contributed by atoms with E-state index in [0.29, 0.717) is 45.7 Å². The van der Waals surface area contributed by atoms with Gasteiger partial charge in [-0.05, 0) is 68.7 Å². The van der Waals surface area contributed by atoms with E-state index in [0.717, 1.165) is 17.9 Å². The minimum absolute atomic E-state index is 0. The molecule has 0 unspecified atom stereocenters. The third-order valence-electron chi connectivity index (χ3n) is 6.71. The summed E-state index contributed by atoms with van der Waals surface area (Å²) in [6.07, 6.45) is 1.72. The summed E-state index contributed by atoms with van der Waals surface area (Å²) in [6, 6.07) is 19.3. The van der Waals surface area contributed by atoms with Crippen LogP contribution in [0.15, 0.2) is 80.8 Å². The van der Waals surface area contributed by atoms with Gasteiger partial charge in [0, 0.05) is 23.1 Å². The molecule has 5 aromatic rings. The first-order valence-corrected chi connectivity index (χ1v) is 13.6. The van der Waals surface area contributed by atoms with Crippen LogP contribution in [-0.4, -0.2) is 77.2 Å². The maximum atomic E-state index is 15.6. The maximum absolute atomic E-state index is 15.6. The predicted octanol–water partition coefficient (Wildman–Crippen LogP) is 5.37. The Kier molecular flexibility index (Phi) is 10.5. The molecular formula is C32H32FKN4O4. The second-order valence-corrected chi connectivity index (χ2v) is 10.1. The van der Waals surface area contributed by atoms with E-state index in [1.165, 1.54) is 6.07 Å². The van der Waals surface area contributed by atoms with Gasteiger partial charge in [0.25, 0.3) is 5.56 Å². The fourth-order valence-electron chi connectivity index (χ4n) is 4.95. The Balaban J connectivity index is 0.00000405. The first-order valence-electron chi connectivity index (χ1n) is 13.6. The molecule has 212 valence electrons. The topological polar surface area (TPSA) is 103 Å². The summed E-state index contributed by atoms with van der Waals surface area (Å²) in [5, 5.41) is 3.75. The van der Waals surface area contributed by atoms with Gasteiger partial charge in [0.1, 0.15) is 17.4 Å². The molecule has 8 nitrogen and oxygen atoms in total.